The fourth-order valence-electron chi connectivity index (χ4n) is 1.95. The van der Waals surface area contributed by atoms with Crippen LogP contribution in [0.3, 0.4) is 0 Å². The first kappa shape index (κ1) is 20.4. The van der Waals surface area contributed by atoms with Gasteiger partial charge in [-0.2, -0.15) is 0 Å². The van der Waals surface area contributed by atoms with Gasteiger partial charge in [0.05, 0.1) is 50.4 Å². The van der Waals surface area contributed by atoms with E-state index in [9.17, 15) is 19.7 Å². The van der Waals surface area contributed by atoms with Crippen molar-refractivity contribution in [3.63, 3.8) is 0 Å². The van der Waals surface area contributed by atoms with E-state index in [2.05, 4.69) is 4.74 Å². The number of carbonyl (C=O) groups excluding carboxylic acids is 2. The monoisotopic (exact) mass is 355 g/mol. The molecule has 1 aromatic carbocycles. The Bertz CT molecular complexity index is 629. The molecule has 1 aromatic rings. The molecule has 0 spiro atoms. The van der Waals surface area contributed by atoms with Crippen LogP contribution in [0.1, 0.15) is 30.9 Å². The number of esters is 2. The molecule has 0 N–H and O–H groups in total. The Morgan fingerprint density at radius 1 is 1.12 bits per heavy atom. The lowest BCUT2D eigenvalue weighted by Crippen LogP contribution is -2.08. The smallest absolute Gasteiger partial charge is 0.307 e. The molecule has 0 aliphatic carbocycles. The zero-order chi connectivity index (χ0) is 18.8. The highest BCUT2D eigenvalue weighted by atomic mass is 16.6. The Morgan fingerprint density at radius 2 is 1.84 bits per heavy atom. The fourth-order valence-corrected chi connectivity index (χ4v) is 1.95. The number of rotatable bonds is 10. The number of hydrogen-bond donors (Lipinski definition) is 0. The highest BCUT2D eigenvalue weighted by Gasteiger charge is 2.20. The van der Waals surface area contributed by atoms with Crippen LogP contribution >= 0.6 is 0 Å². The predicted molar refractivity (Wildman–Crippen MR) is 86.0 cm³/mol. The van der Waals surface area contributed by atoms with Crippen LogP contribution in [0.5, 0.6) is 5.75 Å². The molecule has 0 bridgehead atoms. The Hall–Kier alpha value is -2.68. The minimum absolute atomic E-state index is 0.0763. The first-order chi connectivity index (χ1) is 11.9. The van der Waals surface area contributed by atoms with Crippen LogP contribution in [0.15, 0.2) is 12.1 Å². The van der Waals surface area contributed by atoms with Gasteiger partial charge in [0.2, 0.25) is 0 Å². The lowest BCUT2D eigenvalue weighted by atomic mass is 10.1. The number of ether oxygens (including phenoxy) is 4. The second kappa shape index (κ2) is 10.2. The molecule has 0 aromatic heterocycles. The molecule has 0 unspecified atom stereocenters. The van der Waals surface area contributed by atoms with Crippen molar-refractivity contribution >= 4 is 17.6 Å². The van der Waals surface area contributed by atoms with Crippen molar-refractivity contribution in [1.82, 2.24) is 0 Å². The van der Waals surface area contributed by atoms with Crippen LogP contribution in [0, 0.1) is 10.1 Å². The first-order valence-corrected chi connectivity index (χ1v) is 7.57. The largest absolute Gasteiger partial charge is 0.496 e. The summed E-state index contributed by atoms with van der Waals surface area (Å²) in [6.07, 6.45) is 0.264. The Balaban J connectivity index is 2.92. The minimum atomic E-state index is -0.570. The van der Waals surface area contributed by atoms with Crippen LogP contribution in [0.25, 0.3) is 0 Å². The van der Waals surface area contributed by atoms with Gasteiger partial charge in [0.15, 0.2) is 0 Å². The van der Waals surface area contributed by atoms with Gasteiger partial charge in [0.25, 0.3) is 5.69 Å². The van der Waals surface area contributed by atoms with Crippen LogP contribution in [0.4, 0.5) is 5.69 Å². The fraction of sp³-hybridized carbons (Fsp3) is 0.500. The molecule has 0 fully saturated rings. The summed E-state index contributed by atoms with van der Waals surface area (Å²) in [5.74, 6) is -0.584. The highest BCUT2D eigenvalue weighted by molar-refractivity contribution is 5.69. The minimum Gasteiger partial charge on any atom is -0.496 e. The summed E-state index contributed by atoms with van der Waals surface area (Å²) in [5, 5.41) is 11.2. The van der Waals surface area contributed by atoms with Crippen molar-refractivity contribution in [2.24, 2.45) is 0 Å². The molecule has 0 saturated heterocycles. The van der Waals surface area contributed by atoms with Crippen molar-refractivity contribution < 1.29 is 33.5 Å². The lowest BCUT2D eigenvalue weighted by Gasteiger charge is -2.12. The van der Waals surface area contributed by atoms with Crippen molar-refractivity contribution in [3.8, 4) is 5.75 Å². The van der Waals surface area contributed by atoms with Crippen molar-refractivity contribution in [1.29, 1.82) is 0 Å². The van der Waals surface area contributed by atoms with E-state index in [1.807, 2.05) is 0 Å². The van der Waals surface area contributed by atoms with Crippen LogP contribution in [-0.4, -0.2) is 37.7 Å². The predicted octanol–water partition coefficient (Wildman–Crippen LogP) is 2.14. The summed E-state index contributed by atoms with van der Waals surface area (Å²) < 4.78 is 20.0. The van der Waals surface area contributed by atoms with Gasteiger partial charge in [-0.25, -0.2) is 0 Å². The zero-order valence-electron chi connectivity index (χ0n) is 14.4. The molecule has 0 aliphatic rings. The van der Waals surface area contributed by atoms with Crippen molar-refractivity contribution in [2.45, 2.75) is 33.0 Å². The third-order valence-electron chi connectivity index (χ3n) is 3.29. The molecule has 9 nitrogen and oxygen atoms in total. The van der Waals surface area contributed by atoms with Gasteiger partial charge < -0.3 is 18.9 Å². The van der Waals surface area contributed by atoms with E-state index in [1.54, 1.807) is 6.92 Å². The Kier molecular flexibility index (Phi) is 8.34. The van der Waals surface area contributed by atoms with E-state index in [0.717, 1.165) is 0 Å². The number of nitro groups is 1. The molecule has 1 rings (SSSR count). The molecule has 9 heteroatoms. The third-order valence-corrected chi connectivity index (χ3v) is 3.29. The first-order valence-electron chi connectivity index (χ1n) is 7.57. The molecule has 0 radical (unpaired) electrons. The van der Waals surface area contributed by atoms with E-state index >= 15 is 0 Å². The second-order valence-corrected chi connectivity index (χ2v) is 4.94. The number of carbonyl (C=O) groups is 2. The molecular formula is C16H21NO8. The van der Waals surface area contributed by atoms with Gasteiger partial charge >= 0.3 is 11.9 Å². The summed E-state index contributed by atoms with van der Waals surface area (Å²) >= 11 is 0. The van der Waals surface area contributed by atoms with Crippen LogP contribution in [0.2, 0.25) is 0 Å². The van der Waals surface area contributed by atoms with Crippen molar-refractivity contribution in [2.75, 3.05) is 20.8 Å². The summed E-state index contributed by atoms with van der Waals surface area (Å²) in [6, 6.07) is 2.76. The summed E-state index contributed by atoms with van der Waals surface area (Å²) in [4.78, 5) is 33.0. The summed E-state index contributed by atoms with van der Waals surface area (Å²) in [6.45, 7) is 1.62. The third kappa shape index (κ3) is 6.38. The molecular weight excluding hydrogens is 334 g/mol. The average molecular weight is 355 g/mol. The van der Waals surface area contributed by atoms with E-state index in [-0.39, 0.29) is 49.7 Å². The Labute approximate surface area is 145 Å². The zero-order valence-corrected chi connectivity index (χ0v) is 14.4. The molecule has 25 heavy (non-hydrogen) atoms. The maximum atomic E-state index is 11.3. The maximum Gasteiger partial charge on any atom is 0.307 e. The van der Waals surface area contributed by atoms with E-state index in [1.165, 1.54) is 26.4 Å². The number of nitrogens with zero attached hydrogens (tertiary/aromatic N) is 1. The standard InChI is InChI=1S/C16H21NO8/c1-4-15(18)25-10-11-7-12(9-24-6-5-16(19)23-3)14(22-2)8-13(11)17(20)21/h7-8H,4-6,9-10H2,1-3H3. The summed E-state index contributed by atoms with van der Waals surface area (Å²) in [5.41, 5.74) is 0.568. The highest BCUT2D eigenvalue weighted by Crippen LogP contribution is 2.30. The van der Waals surface area contributed by atoms with Gasteiger partial charge in [-0.3, -0.25) is 19.7 Å². The average Bonchev–Trinajstić information content (AvgIpc) is 2.62. The molecule has 138 valence electrons. The number of methoxy groups -OCH3 is 2. The molecule has 0 saturated carbocycles. The maximum absolute atomic E-state index is 11.3. The van der Waals surface area contributed by atoms with Crippen LogP contribution in [-0.2, 0) is 37.0 Å². The van der Waals surface area contributed by atoms with Gasteiger partial charge in [-0.1, -0.05) is 6.92 Å². The summed E-state index contributed by atoms with van der Waals surface area (Å²) in [7, 11) is 2.67. The van der Waals surface area contributed by atoms with Gasteiger partial charge in [0.1, 0.15) is 12.4 Å². The second-order valence-electron chi connectivity index (χ2n) is 4.94. The SMILES string of the molecule is CCC(=O)OCc1cc(COCCC(=O)OC)c(OC)cc1[N+](=O)[O-]. The van der Waals surface area contributed by atoms with E-state index in [0.29, 0.717) is 5.56 Å². The number of hydrogen-bond acceptors (Lipinski definition) is 8. The van der Waals surface area contributed by atoms with Gasteiger partial charge in [-0.15, -0.1) is 0 Å². The van der Waals surface area contributed by atoms with E-state index < -0.39 is 16.9 Å². The van der Waals surface area contributed by atoms with Gasteiger partial charge in [-0.05, 0) is 6.07 Å². The molecule has 0 amide bonds. The van der Waals surface area contributed by atoms with Crippen molar-refractivity contribution in [3.05, 3.63) is 33.4 Å². The Morgan fingerprint density at radius 3 is 2.40 bits per heavy atom. The topological polar surface area (TPSA) is 114 Å². The van der Waals surface area contributed by atoms with E-state index in [4.69, 9.17) is 14.2 Å². The quantitative estimate of drug-likeness (QED) is 0.271. The lowest BCUT2D eigenvalue weighted by molar-refractivity contribution is -0.385. The molecule has 0 aliphatic heterocycles. The molecule has 0 atom stereocenters. The molecule has 0 heterocycles. The van der Waals surface area contributed by atoms with Gasteiger partial charge in [0, 0.05) is 12.0 Å². The number of benzene rings is 1. The van der Waals surface area contributed by atoms with Crippen LogP contribution < -0.4 is 4.74 Å². The number of nitro benzene ring substituents is 1. The normalized spacial score (nSPS) is 10.2.